The molecular formula is C26H37N5O. The molecule has 6 nitrogen and oxygen atoms in total. The first-order valence-corrected chi connectivity index (χ1v) is 12.0. The summed E-state index contributed by atoms with van der Waals surface area (Å²) in [6.45, 7) is 10.0. The fourth-order valence-electron chi connectivity index (χ4n) is 4.59. The predicted octanol–water partition coefficient (Wildman–Crippen LogP) is 3.18. The number of piperidine rings is 1. The lowest BCUT2D eigenvalue weighted by molar-refractivity contribution is 0.203. The minimum absolute atomic E-state index is 0.320. The van der Waals surface area contributed by atoms with Crippen LogP contribution in [0.15, 0.2) is 59.6 Å². The molecule has 2 N–H and O–H groups in total. The number of aliphatic hydroxyl groups is 1. The van der Waals surface area contributed by atoms with Gasteiger partial charge in [0.2, 0.25) is 0 Å². The Morgan fingerprint density at radius 3 is 2.12 bits per heavy atom. The quantitative estimate of drug-likeness (QED) is 0.539. The highest BCUT2D eigenvalue weighted by Crippen LogP contribution is 2.23. The minimum Gasteiger partial charge on any atom is -0.396 e. The van der Waals surface area contributed by atoms with Crippen molar-refractivity contribution in [3.8, 4) is 0 Å². The van der Waals surface area contributed by atoms with Crippen molar-refractivity contribution in [2.75, 3.05) is 62.2 Å². The average Bonchev–Trinajstić information content (AvgIpc) is 2.87. The van der Waals surface area contributed by atoms with E-state index in [1.165, 1.54) is 16.9 Å². The van der Waals surface area contributed by atoms with Gasteiger partial charge in [0.05, 0.1) is 6.54 Å². The molecule has 0 radical (unpaired) electrons. The summed E-state index contributed by atoms with van der Waals surface area (Å²) in [7, 11) is 0. The fourth-order valence-corrected chi connectivity index (χ4v) is 4.59. The number of hydrogen-bond acceptors (Lipinski definition) is 4. The van der Waals surface area contributed by atoms with Crippen LogP contribution in [0.2, 0.25) is 0 Å². The van der Waals surface area contributed by atoms with E-state index in [0.717, 1.165) is 64.6 Å². The molecule has 2 heterocycles. The molecule has 2 aliphatic heterocycles. The van der Waals surface area contributed by atoms with Crippen molar-refractivity contribution in [1.82, 2.24) is 10.2 Å². The van der Waals surface area contributed by atoms with Crippen molar-refractivity contribution < 1.29 is 5.11 Å². The number of nitrogens with zero attached hydrogens (tertiary/aromatic N) is 4. The van der Waals surface area contributed by atoms with E-state index in [1.807, 2.05) is 0 Å². The van der Waals surface area contributed by atoms with Crippen molar-refractivity contribution in [2.45, 2.75) is 26.3 Å². The Morgan fingerprint density at radius 1 is 0.875 bits per heavy atom. The van der Waals surface area contributed by atoms with Crippen LogP contribution in [0.1, 0.15) is 25.3 Å². The SMILES string of the molecule is CCNC(=NCc1ccc(N2CCC(CO)CC2)cc1)N1CCN(c2ccccc2)CC1. The molecule has 0 spiro atoms. The van der Waals surface area contributed by atoms with Gasteiger partial charge in [0.25, 0.3) is 0 Å². The van der Waals surface area contributed by atoms with E-state index in [9.17, 15) is 5.11 Å². The molecule has 172 valence electrons. The van der Waals surface area contributed by atoms with E-state index in [1.54, 1.807) is 0 Å². The van der Waals surface area contributed by atoms with Gasteiger partial charge >= 0.3 is 0 Å². The zero-order valence-electron chi connectivity index (χ0n) is 19.3. The van der Waals surface area contributed by atoms with Crippen molar-refractivity contribution in [3.05, 3.63) is 60.2 Å². The number of hydrogen-bond donors (Lipinski definition) is 2. The number of nitrogens with one attached hydrogen (secondary N) is 1. The molecule has 0 bridgehead atoms. The molecule has 0 unspecified atom stereocenters. The third-order valence-electron chi connectivity index (χ3n) is 6.62. The highest BCUT2D eigenvalue weighted by Gasteiger charge is 2.20. The van der Waals surface area contributed by atoms with E-state index < -0.39 is 0 Å². The molecule has 0 amide bonds. The maximum Gasteiger partial charge on any atom is 0.194 e. The first-order chi connectivity index (χ1) is 15.8. The van der Waals surface area contributed by atoms with Crippen LogP contribution in [0.3, 0.4) is 0 Å². The topological polar surface area (TPSA) is 54.3 Å². The number of anilines is 2. The molecule has 2 aliphatic rings. The van der Waals surface area contributed by atoms with E-state index >= 15 is 0 Å². The monoisotopic (exact) mass is 435 g/mol. The van der Waals surface area contributed by atoms with E-state index in [4.69, 9.17) is 4.99 Å². The van der Waals surface area contributed by atoms with Gasteiger partial charge < -0.3 is 25.1 Å². The third kappa shape index (κ3) is 5.74. The third-order valence-corrected chi connectivity index (χ3v) is 6.62. The number of aliphatic imine (C=N–C) groups is 1. The van der Waals surface area contributed by atoms with Crippen LogP contribution in [-0.2, 0) is 6.54 Å². The Hall–Kier alpha value is -2.73. The van der Waals surface area contributed by atoms with Gasteiger partial charge in [0, 0.05) is 63.8 Å². The smallest absolute Gasteiger partial charge is 0.194 e. The molecule has 0 aliphatic carbocycles. The van der Waals surface area contributed by atoms with Gasteiger partial charge in [-0.3, -0.25) is 0 Å². The minimum atomic E-state index is 0.320. The average molecular weight is 436 g/mol. The first-order valence-electron chi connectivity index (χ1n) is 12.0. The highest BCUT2D eigenvalue weighted by molar-refractivity contribution is 5.80. The summed E-state index contributed by atoms with van der Waals surface area (Å²) < 4.78 is 0. The first kappa shape index (κ1) is 22.5. The van der Waals surface area contributed by atoms with Gasteiger partial charge in [0.15, 0.2) is 5.96 Å². The Bertz CT molecular complexity index is 838. The molecule has 0 saturated carbocycles. The van der Waals surface area contributed by atoms with Gasteiger partial charge in [-0.15, -0.1) is 0 Å². The Balaban J connectivity index is 1.32. The Morgan fingerprint density at radius 2 is 1.50 bits per heavy atom. The number of piperazine rings is 1. The van der Waals surface area contributed by atoms with Crippen LogP contribution in [-0.4, -0.2) is 68.4 Å². The highest BCUT2D eigenvalue weighted by atomic mass is 16.3. The van der Waals surface area contributed by atoms with Crippen molar-refractivity contribution in [1.29, 1.82) is 0 Å². The molecule has 2 aromatic carbocycles. The fraction of sp³-hybridized carbons (Fsp3) is 0.500. The van der Waals surface area contributed by atoms with Crippen LogP contribution >= 0.6 is 0 Å². The number of rotatable bonds is 6. The van der Waals surface area contributed by atoms with E-state index in [2.05, 4.69) is 81.5 Å². The number of para-hydroxylation sites is 1. The summed E-state index contributed by atoms with van der Waals surface area (Å²) in [5, 5.41) is 12.8. The summed E-state index contributed by atoms with van der Waals surface area (Å²) in [6.07, 6.45) is 2.15. The number of aliphatic hydroxyl groups excluding tert-OH is 1. The summed E-state index contributed by atoms with van der Waals surface area (Å²) in [5.74, 6) is 1.48. The normalized spacial score (nSPS) is 18.2. The van der Waals surface area contributed by atoms with E-state index in [-0.39, 0.29) is 0 Å². The Labute approximate surface area is 192 Å². The maximum absolute atomic E-state index is 9.34. The van der Waals surface area contributed by atoms with Crippen LogP contribution in [0, 0.1) is 5.92 Å². The lowest BCUT2D eigenvalue weighted by atomic mass is 9.97. The van der Waals surface area contributed by atoms with E-state index in [0.29, 0.717) is 19.1 Å². The number of benzene rings is 2. The molecule has 2 aromatic rings. The standard InChI is InChI=1S/C26H37N5O/c1-2-27-26(31-18-16-30(17-19-31)24-6-4-3-5-7-24)28-20-22-8-10-25(11-9-22)29-14-12-23(21-32)13-15-29/h3-11,23,32H,2,12-21H2,1H3,(H,27,28). The van der Waals surface area contributed by atoms with Gasteiger partial charge in [0.1, 0.15) is 0 Å². The largest absolute Gasteiger partial charge is 0.396 e. The lowest BCUT2D eigenvalue weighted by Crippen LogP contribution is -2.52. The molecule has 4 rings (SSSR count). The second-order valence-corrected chi connectivity index (χ2v) is 8.76. The maximum atomic E-state index is 9.34. The zero-order valence-corrected chi connectivity index (χ0v) is 19.3. The van der Waals surface area contributed by atoms with Crippen molar-refractivity contribution in [3.63, 3.8) is 0 Å². The Kier molecular flexibility index (Phi) is 7.88. The number of guanidine groups is 1. The second-order valence-electron chi connectivity index (χ2n) is 8.76. The van der Waals surface area contributed by atoms with Gasteiger partial charge in [-0.05, 0) is 55.5 Å². The molecule has 32 heavy (non-hydrogen) atoms. The van der Waals surface area contributed by atoms with Gasteiger partial charge in [-0.2, -0.15) is 0 Å². The molecule has 0 aromatic heterocycles. The van der Waals surface area contributed by atoms with Crippen molar-refractivity contribution in [2.24, 2.45) is 10.9 Å². The summed E-state index contributed by atoms with van der Waals surface area (Å²) in [6, 6.07) is 19.5. The van der Waals surface area contributed by atoms with Crippen LogP contribution in [0.25, 0.3) is 0 Å². The molecule has 6 heteroatoms. The molecule has 0 atom stereocenters. The second kappa shape index (κ2) is 11.2. The summed E-state index contributed by atoms with van der Waals surface area (Å²) in [4.78, 5) is 12.2. The van der Waals surface area contributed by atoms with Crippen LogP contribution in [0.4, 0.5) is 11.4 Å². The lowest BCUT2D eigenvalue weighted by Gasteiger charge is -2.37. The molecule has 2 saturated heterocycles. The zero-order chi connectivity index (χ0) is 22.2. The molecular weight excluding hydrogens is 398 g/mol. The predicted molar refractivity (Wildman–Crippen MR) is 134 cm³/mol. The van der Waals surface area contributed by atoms with Crippen LogP contribution < -0.4 is 15.1 Å². The van der Waals surface area contributed by atoms with Crippen molar-refractivity contribution >= 4 is 17.3 Å². The summed E-state index contributed by atoms with van der Waals surface area (Å²) >= 11 is 0. The van der Waals surface area contributed by atoms with Gasteiger partial charge in [-0.1, -0.05) is 30.3 Å². The van der Waals surface area contributed by atoms with Gasteiger partial charge in [-0.25, -0.2) is 4.99 Å². The molecule has 2 fully saturated rings. The van der Waals surface area contributed by atoms with Crippen LogP contribution in [0.5, 0.6) is 0 Å². The summed E-state index contributed by atoms with van der Waals surface area (Å²) in [5.41, 5.74) is 3.81.